The lowest BCUT2D eigenvalue weighted by atomic mass is 10.2. The largest absolute Gasteiger partial charge is 0.394 e. The Morgan fingerprint density at radius 2 is 2.21 bits per heavy atom. The van der Waals surface area contributed by atoms with Crippen LogP contribution < -0.4 is 16.6 Å². The van der Waals surface area contributed by atoms with Crippen molar-refractivity contribution in [3.63, 3.8) is 0 Å². The normalized spacial score (nSPS) is 16.2. The second-order valence-corrected chi connectivity index (χ2v) is 4.72. The number of methoxy groups -OCH3 is 1. The van der Waals surface area contributed by atoms with Crippen molar-refractivity contribution >= 4 is 11.6 Å². The molecule has 0 aromatic carbocycles. The van der Waals surface area contributed by atoms with E-state index in [2.05, 4.69) is 20.7 Å². The molecule has 0 radical (unpaired) electrons. The van der Waals surface area contributed by atoms with Gasteiger partial charge < -0.3 is 20.6 Å². The summed E-state index contributed by atoms with van der Waals surface area (Å²) in [5.41, 5.74) is 2.55. The van der Waals surface area contributed by atoms with Crippen molar-refractivity contribution in [3.05, 3.63) is 11.9 Å². The van der Waals surface area contributed by atoms with Crippen molar-refractivity contribution < 1.29 is 9.84 Å². The number of nitrogens with one attached hydrogen (secondary N) is 2. The lowest BCUT2D eigenvalue weighted by Crippen LogP contribution is -2.26. The van der Waals surface area contributed by atoms with Gasteiger partial charge in [-0.15, -0.1) is 0 Å². The summed E-state index contributed by atoms with van der Waals surface area (Å²) in [6.07, 6.45) is 2.96. The fourth-order valence-electron chi connectivity index (χ4n) is 1.82. The molecule has 2 rings (SSSR count). The Labute approximate surface area is 112 Å². The third-order valence-corrected chi connectivity index (χ3v) is 3.08. The summed E-state index contributed by atoms with van der Waals surface area (Å²) in [5, 5.41) is 12.5. The molecule has 1 aliphatic rings. The van der Waals surface area contributed by atoms with Crippen molar-refractivity contribution in [2.45, 2.75) is 31.2 Å². The second-order valence-electron chi connectivity index (χ2n) is 4.72. The van der Waals surface area contributed by atoms with Crippen LogP contribution in [-0.4, -0.2) is 41.4 Å². The highest BCUT2D eigenvalue weighted by Crippen LogP contribution is 2.38. The second kappa shape index (κ2) is 6.65. The van der Waals surface area contributed by atoms with E-state index in [1.165, 1.54) is 0 Å². The zero-order valence-corrected chi connectivity index (χ0v) is 11.1. The number of nitrogens with zero attached hydrogens (tertiary/aromatic N) is 2. The number of hydrazine groups is 1. The van der Waals surface area contributed by atoms with E-state index in [-0.39, 0.29) is 12.6 Å². The van der Waals surface area contributed by atoms with Gasteiger partial charge in [-0.1, -0.05) is 0 Å². The minimum atomic E-state index is -0.0903. The summed E-state index contributed by atoms with van der Waals surface area (Å²) < 4.78 is 5.01. The first kappa shape index (κ1) is 14.0. The highest BCUT2D eigenvalue weighted by Gasteiger charge is 2.27. The van der Waals surface area contributed by atoms with E-state index >= 15 is 0 Å². The molecule has 7 nitrogen and oxygen atoms in total. The number of anilines is 2. The summed E-state index contributed by atoms with van der Waals surface area (Å²) in [6.45, 7) is 0.609. The van der Waals surface area contributed by atoms with Gasteiger partial charge in [0, 0.05) is 25.7 Å². The topological polar surface area (TPSA) is 105 Å². The van der Waals surface area contributed by atoms with Gasteiger partial charge in [0.2, 0.25) is 0 Å². The van der Waals surface area contributed by atoms with Crippen LogP contribution >= 0.6 is 0 Å². The molecule has 0 spiro atoms. The maximum Gasteiger partial charge on any atom is 0.145 e. The molecule has 1 aromatic rings. The number of nitrogens with two attached hydrogens (primary N) is 1. The first-order chi connectivity index (χ1) is 9.26. The first-order valence-electron chi connectivity index (χ1n) is 6.48. The molecule has 1 saturated carbocycles. The molecule has 1 atom stereocenters. The van der Waals surface area contributed by atoms with Gasteiger partial charge >= 0.3 is 0 Å². The summed E-state index contributed by atoms with van der Waals surface area (Å²) in [7, 11) is 1.64. The van der Waals surface area contributed by atoms with Gasteiger partial charge in [-0.2, -0.15) is 0 Å². The number of hydrogen-bond acceptors (Lipinski definition) is 7. The van der Waals surface area contributed by atoms with Crippen molar-refractivity contribution in [1.29, 1.82) is 0 Å². The van der Waals surface area contributed by atoms with Gasteiger partial charge in [-0.3, -0.25) is 0 Å². The van der Waals surface area contributed by atoms with E-state index in [4.69, 9.17) is 10.6 Å². The van der Waals surface area contributed by atoms with E-state index in [9.17, 15) is 5.11 Å². The Hall–Kier alpha value is -1.44. The molecular formula is C12H21N5O2. The molecule has 19 heavy (non-hydrogen) atoms. The Bertz CT molecular complexity index is 411. The van der Waals surface area contributed by atoms with E-state index in [0.717, 1.165) is 18.7 Å². The number of aromatic nitrogens is 2. The third kappa shape index (κ3) is 4.02. The van der Waals surface area contributed by atoms with E-state index in [1.807, 2.05) is 0 Å². The monoisotopic (exact) mass is 267 g/mol. The SMILES string of the molecule is COCCC(CO)Nc1cc(NN)nc(C2CC2)n1. The highest BCUT2D eigenvalue weighted by molar-refractivity contribution is 5.48. The Kier molecular flexibility index (Phi) is 4.89. The summed E-state index contributed by atoms with van der Waals surface area (Å²) in [6, 6.07) is 1.65. The average molecular weight is 267 g/mol. The van der Waals surface area contributed by atoms with Crippen LogP contribution in [0.5, 0.6) is 0 Å². The molecule has 1 aliphatic carbocycles. The molecule has 0 amide bonds. The van der Waals surface area contributed by atoms with Gasteiger partial charge in [0.1, 0.15) is 17.5 Å². The van der Waals surface area contributed by atoms with Gasteiger partial charge in [-0.05, 0) is 19.3 Å². The van der Waals surface area contributed by atoms with Crippen LogP contribution in [0.3, 0.4) is 0 Å². The molecule has 7 heteroatoms. The van der Waals surface area contributed by atoms with Gasteiger partial charge in [0.25, 0.3) is 0 Å². The number of aliphatic hydroxyl groups excluding tert-OH is 1. The Morgan fingerprint density at radius 3 is 2.79 bits per heavy atom. The quantitative estimate of drug-likeness (QED) is 0.400. The van der Waals surface area contributed by atoms with Crippen LogP contribution in [0.4, 0.5) is 11.6 Å². The zero-order chi connectivity index (χ0) is 13.7. The summed E-state index contributed by atoms with van der Waals surface area (Å²) >= 11 is 0. The lowest BCUT2D eigenvalue weighted by molar-refractivity contribution is 0.174. The first-order valence-corrected chi connectivity index (χ1v) is 6.48. The molecule has 1 heterocycles. The van der Waals surface area contributed by atoms with Gasteiger partial charge in [-0.25, -0.2) is 15.8 Å². The van der Waals surface area contributed by atoms with Crippen molar-refractivity contribution in [2.75, 3.05) is 31.1 Å². The van der Waals surface area contributed by atoms with Crippen LogP contribution in [0.25, 0.3) is 0 Å². The number of hydrogen-bond donors (Lipinski definition) is 4. The fourth-order valence-corrected chi connectivity index (χ4v) is 1.82. The molecule has 1 unspecified atom stereocenters. The summed E-state index contributed by atoms with van der Waals surface area (Å²) in [4.78, 5) is 8.80. The molecule has 106 valence electrons. The summed E-state index contributed by atoms with van der Waals surface area (Å²) in [5.74, 6) is 7.93. The van der Waals surface area contributed by atoms with Crippen molar-refractivity contribution in [1.82, 2.24) is 9.97 Å². The highest BCUT2D eigenvalue weighted by atomic mass is 16.5. The average Bonchev–Trinajstić information content (AvgIpc) is 3.27. The Balaban J connectivity index is 2.06. The molecule has 1 aromatic heterocycles. The minimum Gasteiger partial charge on any atom is -0.394 e. The van der Waals surface area contributed by atoms with Crippen LogP contribution in [0.2, 0.25) is 0 Å². The molecule has 0 saturated heterocycles. The smallest absolute Gasteiger partial charge is 0.145 e. The Morgan fingerprint density at radius 1 is 1.47 bits per heavy atom. The lowest BCUT2D eigenvalue weighted by Gasteiger charge is -2.17. The number of ether oxygens (including phenoxy) is 1. The number of rotatable bonds is 8. The van der Waals surface area contributed by atoms with Crippen LogP contribution in [0.1, 0.15) is 31.0 Å². The van der Waals surface area contributed by atoms with E-state index in [0.29, 0.717) is 30.6 Å². The number of aliphatic hydroxyl groups is 1. The third-order valence-electron chi connectivity index (χ3n) is 3.08. The van der Waals surface area contributed by atoms with Gasteiger partial charge in [0.05, 0.1) is 12.6 Å². The van der Waals surface area contributed by atoms with E-state index < -0.39 is 0 Å². The molecular weight excluding hydrogens is 246 g/mol. The molecule has 0 aliphatic heterocycles. The van der Waals surface area contributed by atoms with Gasteiger partial charge in [0.15, 0.2) is 0 Å². The standard InChI is InChI=1S/C12H21N5O2/c1-19-5-4-9(7-18)14-10-6-11(17-13)16-12(15-10)8-2-3-8/h6,8-9,18H,2-5,7,13H2,1H3,(H2,14,15,16,17). The number of nitrogen functional groups attached to an aromatic ring is 1. The van der Waals surface area contributed by atoms with Crippen molar-refractivity contribution in [3.8, 4) is 0 Å². The van der Waals surface area contributed by atoms with Crippen LogP contribution in [0.15, 0.2) is 6.07 Å². The minimum absolute atomic E-state index is 0.0253. The predicted octanol–water partition coefficient (Wildman–Crippen LogP) is 0.449. The maximum absolute atomic E-state index is 9.33. The van der Waals surface area contributed by atoms with Crippen LogP contribution in [0, 0.1) is 0 Å². The molecule has 0 bridgehead atoms. The maximum atomic E-state index is 9.33. The van der Waals surface area contributed by atoms with E-state index in [1.54, 1.807) is 13.2 Å². The molecule has 1 fully saturated rings. The molecule has 5 N–H and O–H groups in total. The zero-order valence-electron chi connectivity index (χ0n) is 11.1. The van der Waals surface area contributed by atoms with Crippen LogP contribution in [-0.2, 0) is 4.74 Å². The van der Waals surface area contributed by atoms with Crippen molar-refractivity contribution in [2.24, 2.45) is 5.84 Å². The predicted molar refractivity (Wildman–Crippen MR) is 72.8 cm³/mol. The fraction of sp³-hybridized carbons (Fsp3) is 0.667.